The Labute approximate surface area is 96.3 Å². The van der Waals surface area contributed by atoms with Gasteiger partial charge < -0.3 is 10.1 Å². The smallest absolute Gasteiger partial charge is 0.354 e. The summed E-state index contributed by atoms with van der Waals surface area (Å²) in [7, 11) is 0. The average Bonchev–Trinajstić information content (AvgIpc) is 2.65. The molecule has 0 aliphatic carbocycles. The second kappa shape index (κ2) is 3.93. The van der Waals surface area contributed by atoms with Crippen molar-refractivity contribution in [3.05, 3.63) is 27.9 Å². The molecule has 1 unspecified atom stereocenters. The summed E-state index contributed by atoms with van der Waals surface area (Å²) in [5, 5.41) is 8.84. The van der Waals surface area contributed by atoms with E-state index < -0.39 is 11.5 Å². The number of hydrogen-bond acceptors (Lipinski definition) is 4. The molecule has 0 bridgehead atoms. The fourth-order valence-electron chi connectivity index (χ4n) is 1.78. The van der Waals surface area contributed by atoms with Crippen molar-refractivity contribution in [2.75, 3.05) is 5.75 Å². The lowest BCUT2D eigenvalue weighted by molar-refractivity contribution is 0.0689. The first-order chi connectivity index (χ1) is 7.51. The number of carboxylic acid groups (broad SMARTS) is 1. The first kappa shape index (κ1) is 11.2. The summed E-state index contributed by atoms with van der Waals surface area (Å²) >= 11 is 1.70. The van der Waals surface area contributed by atoms with E-state index in [4.69, 9.17) is 5.11 Å². The number of carbonyl (C=O) groups is 1. The van der Waals surface area contributed by atoms with Gasteiger partial charge in [0.05, 0.1) is 4.75 Å². The van der Waals surface area contributed by atoms with Gasteiger partial charge in [0.2, 0.25) is 0 Å². The van der Waals surface area contributed by atoms with E-state index in [1.807, 2.05) is 6.92 Å². The third-order valence-corrected chi connectivity index (χ3v) is 4.21. The van der Waals surface area contributed by atoms with E-state index in [0.717, 1.165) is 24.7 Å². The van der Waals surface area contributed by atoms with Gasteiger partial charge in [-0.25, -0.2) is 9.78 Å². The van der Waals surface area contributed by atoms with E-state index in [-0.39, 0.29) is 10.4 Å². The van der Waals surface area contributed by atoms with Gasteiger partial charge in [0, 0.05) is 6.07 Å². The third kappa shape index (κ3) is 1.97. The lowest BCUT2D eigenvalue weighted by Gasteiger charge is -2.21. The molecular formula is C10H12N2O3S. The van der Waals surface area contributed by atoms with Crippen LogP contribution in [0.1, 0.15) is 36.1 Å². The van der Waals surface area contributed by atoms with Crippen LogP contribution in [0.3, 0.4) is 0 Å². The van der Waals surface area contributed by atoms with Crippen molar-refractivity contribution in [3.63, 3.8) is 0 Å². The van der Waals surface area contributed by atoms with E-state index in [1.54, 1.807) is 11.8 Å². The molecule has 2 heterocycles. The average molecular weight is 240 g/mol. The van der Waals surface area contributed by atoms with Gasteiger partial charge in [-0.05, 0) is 25.5 Å². The van der Waals surface area contributed by atoms with Gasteiger partial charge in [0.15, 0.2) is 5.69 Å². The van der Waals surface area contributed by atoms with Gasteiger partial charge in [-0.3, -0.25) is 4.79 Å². The lowest BCUT2D eigenvalue weighted by Crippen LogP contribution is -2.24. The molecule has 2 N–H and O–H groups in total. The second-order valence-corrected chi connectivity index (χ2v) is 5.57. The number of aromatic nitrogens is 2. The van der Waals surface area contributed by atoms with Gasteiger partial charge in [0.1, 0.15) is 5.82 Å². The van der Waals surface area contributed by atoms with E-state index in [9.17, 15) is 9.59 Å². The molecule has 1 aromatic heterocycles. The molecule has 16 heavy (non-hydrogen) atoms. The SMILES string of the molecule is CC1(c2nc(C(=O)O)cc(=O)[nH]2)CCCS1. The molecule has 6 heteroatoms. The topological polar surface area (TPSA) is 83.0 Å². The minimum atomic E-state index is -1.17. The van der Waals surface area contributed by atoms with Crippen molar-refractivity contribution >= 4 is 17.7 Å². The molecule has 1 aromatic rings. The molecule has 0 spiro atoms. The standard InChI is InChI=1S/C10H12N2O3S/c1-10(3-2-4-16-10)9-11-6(8(14)15)5-7(13)12-9/h5H,2-4H2,1H3,(H,14,15)(H,11,12,13). The van der Waals surface area contributed by atoms with E-state index in [0.29, 0.717) is 5.82 Å². The third-order valence-electron chi connectivity index (χ3n) is 2.68. The van der Waals surface area contributed by atoms with Gasteiger partial charge in [-0.2, -0.15) is 0 Å². The van der Waals surface area contributed by atoms with E-state index in [2.05, 4.69) is 9.97 Å². The highest BCUT2D eigenvalue weighted by Gasteiger charge is 2.34. The van der Waals surface area contributed by atoms with Crippen LogP contribution in [-0.4, -0.2) is 26.8 Å². The summed E-state index contributed by atoms with van der Waals surface area (Å²) in [6, 6.07) is 1.01. The Balaban J connectivity index is 2.48. The van der Waals surface area contributed by atoms with Gasteiger partial charge in [-0.1, -0.05) is 0 Å². The number of hydrogen-bond donors (Lipinski definition) is 2. The maximum Gasteiger partial charge on any atom is 0.354 e. The van der Waals surface area contributed by atoms with Crippen molar-refractivity contribution in [1.29, 1.82) is 0 Å². The van der Waals surface area contributed by atoms with Gasteiger partial charge in [0.25, 0.3) is 5.56 Å². The molecule has 1 aliphatic rings. The summed E-state index contributed by atoms with van der Waals surface area (Å²) in [6.07, 6.45) is 1.96. The maximum absolute atomic E-state index is 11.3. The van der Waals surface area contributed by atoms with Crippen molar-refractivity contribution < 1.29 is 9.90 Å². The first-order valence-corrected chi connectivity index (χ1v) is 5.99. The van der Waals surface area contributed by atoms with Crippen LogP contribution in [-0.2, 0) is 4.75 Å². The highest BCUT2D eigenvalue weighted by atomic mass is 32.2. The predicted molar refractivity (Wildman–Crippen MR) is 60.9 cm³/mol. The van der Waals surface area contributed by atoms with E-state index >= 15 is 0 Å². The minimum absolute atomic E-state index is 0.188. The highest BCUT2D eigenvalue weighted by Crippen LogP contribution is 2.44. The largest absolute Gasteiger partial charge is 0.477 e. The molecule has 0 radical (unpaired) electrons. The Bertz CT molecular complexity index is 477. The Kier molecular flexibility index (Phi) is 2.75. The van der Waals surface area contributed by atoms with Crippen LogP contribution in [0.15, 0.2) is 10.9 Å². The van der Waals surface area contributed by atoms with Crippen molar-refractivity contribution in [3.8, 4) is 0 Å². The Morgan fingerprint density at radius 2 is 2.44 bits per heavy atom. The van der Waals surface area contributed by atoms with E-state index in [1.165, 1.54) is 0 Å². The first-order valence-electron chi connectivity index (χ1n) is 5.00. The van der Waals surface area contributed by atoms with Crippen molar-refractivity contribution in [1.82, 2.24) is 9.97 Å². The number of nitrogens with one attached hydrogen (secondary N) is 1. The highest BCUT2D eigenvalue weighted by molar-refractivity contribution is 8.00. The van der Waals surface area contributed by atoms with Gasteiger partial charge in [-0.15, -0.1) is 11.8 Å². The summed E-state index contributed by atoms with van der Waals surface area (Å²) in [4.78, 5) is 28.8. The van der Waals surface area contributed by atoms with Crippen LogP contribution in [0.25, 0.3) is 0 Å². The summed E-state index contributed by atoms with van der Waals surface area (Å²) in [5.41, 5.74) is -0.594. The van der Waals surface area contributed by atoms with Crippen LogP contribution in [0.5, 0.6) is 0 Å². The molecule has 1 atom stereocenters. The van der Waals surface area contributed by atoms with Gasteiger partial charge >= 0.3 is 5.97 Å². The van der Waals surface area contributed by atoms with Crippen LogP contribution >= 0.6 is 11.8 Å². The summed E-state index contributed by atoms with van der Waals surface area (Å²) < 4.78 is -0.259. The van der Waals surface area contributed by atoms with Crippen LogP contribution in [0.2, 0.25) is 0 Å². The molecule has 0 aromatic carbocycles. The molecule has 0 amide bonds. The zero-order valence-electron chi connectivity index (χ0n) is 8.82. The Hall–Kier alpha value is -1.30. The zero-order valence-corrected chi connectivity index (χ0v) is 9.63. The Morgan fingerprint density at radius 3 is 3.00 bits per heavy atom. The summed E-state index contributed by atoms with van der Waals surface area (Å²) in [6.45, 7) is 1.98. The summed E-state index contributed by atoms with van der Waals surface area (Å²) in [5.74, 6) is 0.316. The molecule has 1 saturated heterocycles. The zero-order chi connectivity index (χ0) is 11.8. The molecule has 1 aliphatic heterocycles. The second-order valence-electron chi connectivity index (χ2n) is 3.97. The van der Waals surface area contributed by atoms with Crippen LogP contribution < -0.4 is 5.56 Å². The fourth-order valence-corrected chi connectivity index (χ4v) is 3.04. The monoisotopic (exact) mass is 240 g/mol. The molecule has 5 nitrogen and oxygen atoms in total. The number of aromatic amines is 1. The Morgan fingerprint density at radius 1 is 1.69 bits per heavy atom. The number of carboxylic acids is 1. The molecule has 1 fully saturated rings. The fraction of sp³-hybridized carbons (Fsp3) is 0.500. The number of thioether (sulfide) groups is 1. The number of aromatic carboxylic acids is 1. The minimum Gasteiger partial charge on any atom is -0.477 e. The van der Waals surface area contributed by atoms with Crippen molar-refractivity contribution in [2.24, 2.45) is 0 Å². The molecule has 2 rings (SSSR count). The maximum atomic E-state index is 11.3. The number of rotatable bonds is 2. The normalized spacial score (nSPS) is 24.6. The van der Waals surface area contributed by atoms with Crippen molar-refractivity contribution in [2.45, 2.75) is 24.5 Å². The number of nitrogens with zero attached hydrogens (tertiary/aromatic N) is 1. The lowest BCUT2D eigenvalue weighted by atomic mass is 10.0. The molecule has 86 valence electrons. The van der Waals surface area contributed by atoms with Crippen LogP contribution in [0.4, 0.5) is 0 Å². The molecular weight excluding hydrogens is 228 g/mol. The quantitative estimate of drug-likeness (QED) is 0.811. The van der Waals surface area contributed by atoms with Crippen LogP contribution in [0, 0.1) is 0 Å². The molecule has 0 saturated carbocycles. The predicted octanol–water partition coefficient (Wildman–Crippen LogP) is 1.21. The number of H-pyrrole nitrogens is 1.